The molecule has 7 heteroatoms. The fourth-order valence-corrected chi connectivity index (χ4v) is 3.27. The molecule has 2 amide bonds. The number of aliphatic hydroxyl groups is 1. The molecule has 1 aromatic carbocycles. The molecule has 23 heavy (non-hydrogen) atoms. The average Bonchev–Trinajstić information content (AvgIpc) is 2.51. The molecule has 0 aromatic heterocycles. The van der Waals surface area contributed by atoms with Gasteiger partial charge in [0, 0.05) is 27.2 Å². The van der Waals surface area contributed by atoms with Gasteiger partial charge in [0.1, 0.15) is 6.10 Å². The molecule has 1 aliphatic heterocycles. The van der Waals surface area contributed by atoms with Gasteiger partial charge in [-0.05, 0) is 31.0 Å². The number of anilines is 1. The van der Waals surface area contributed by atoms with E-state index in [2.05, 4.69) is 5.32 Å². The maximum absolute atomic E-state index is 12.5. The van der Waals surface area contributed by atoms with Crippen molar-refractivity contribution < 1.29 is 19.4 Å². The normalized spacial score (nSPS) is 20.4. The molecule has 1 saturated heterocycles. The molecule has 1 heterocycles. The standard InChI is InChI=1S/C16H23ClN2O4/c1-10-7-11(2)14(12(17)8-10)18-15(21)19-6-5-16(22-3,23-4)13(20)9-19/h7-8,13,20H,5-6,9H2,1-4H3,(H,18,21). The third-order valence-corrected chi connectivity index (χ3v) is 4.57. The van der Waals surface area contributed by atoms with E-state index in [0.29, 0.717) is 23.7 Å². The number of urea groups is 1. The third-order valence-electron chi connectivity index (χ3n) is 4.27. The number of rotatable bonds is 3. The molecule has 6 nitrogen and oxygen atoms in total. The number of nitrogens with one attached hydrogen (secondary N) is 1. The first-order valence-corrected chi connectivity index (χ1v) is 7.82. The van der Waals surface area contributed by atoms with Crippen LogP contribution in [0.4, 0.5) is 10.5 Å². The highest BCUT2D eigenvalue weighted by molar-refractivity contribution is 6.34. The Balaban J connectivity index is 2.09. The Morgan fingerprint density at radius 2 is 2.04 bits per heavy atom. The first-order valence-electron chi connectivity index (χ1n) is 7.44. The molecule has 1 unspecified atom stereocenters. The monoisotopic (exact) mass is 342 g/mol. The van der Waals surface area contributed by atoms with E-state index in [0.717, 1.165) is 11.1 Å². The smallest absolute Gasteiger partial charge is 0.321 e. The van der Waals surface area contributed by atoms with E-state index in [1.54, 1.807) is 6.07 Å². The summed E-state index contributed by atoms with van der Waals surface area (Å²) in [6, 6.07) is 3.45. The molecule has 1 aromatic rings. The molecular weight excluding hydrogens is 320 g/mol. The van der Waals surface area contributed by atoms with E-state index in [4.69, 9.17) is 21.1 Å². The summed E-state index contributed by atoms with van der Waals surface area (Å²) >= 11 is 6.21. The Hall–Kier alpha value is -1.34. The van der Waals surface area contributed by atoms with Crippen molar-refractivity contribution in [1.29, 1.82) is 0 Å². The van der Waals surface area contributed by atoms with Crippen LogP contribution in [-0.4, -0.2) is 55.2 Å². The van der Waals surface area contributed by atoms with Crippen LogP contribution in [-0.2, 0) is 9.47 Å². The molecule has 0 saturated carbocycles. The van der Waals surface area contributed by atoms with Crippen molar-refractivity contribution in [2.24, 2.45) is 0 Å². The minimum Gasteiger partial charge on any atom is -0.386 e. The quantitative estimate of drug-likeness (QED) is 0.828. The highest BCUT2D eigenvalue weighted by Gasteiger charge is 2.44. The Morgan fingerprint density at radius 3 is 2.57 bits per heavy atom. The summed E-state index contributed by atoms with van der Waals surface area (Å²) in [7, 11) is 2.97. The number of carbonyl (C=O) groups excluding carboxylic acids is 1. The topological polar surface area (TPSA) is 71.0 Å². The second kappa shape index (κ2) is 7.05. The molecule has 1 atom stereocenters. The summed E-state index contributed by atoms with van der Waals surface area (Å²) in [6.45, 7) is 4.37. The van der Waals surface area contributed by atoms with Gasteiger partial charge in [-0.3, -0.25) is 0 Å². The highest BCUT2D eigenvalue weighted by Crippen LogP contribution is 2.30. The van der Waals surface area contributed by atoms with Crippen molar-refractivity contribution in [3.8, 4) is 0 Å². The Kier molecular flexibility index (Phi) is 5.52. The second-order valence-electron chi connectivity index (χ2n) is 5.80. The zero-order valence-electron chi connectivity index (χ0n) is 13.9. The number of likely N-dealkylation sites (tertiary alicyclic amines) is 1. The summed E-state index contributed by atoms with van der Waals surface area (Å²) in [5.41, 5.74) is 2.51. The number of aryl methyl sites for hydroxylation is 2. The lowest BCUT2D eigenvalue weighted by Crippen LogP contribution is -2.59. The van der Waals surface area contributed by atoms with Crippen LogP contribution in [0.5, 0.6) is 0 Å². The summed E-state index contributed by atoms with van der Waals surface area (Å²) in [6.07, 6.45) is -0.540. The zero-order valence-corrected chi connectivity index (χ0v) is 14.6. The molecule has 1 aliphatic rings. The molecule has 2 N–H and O–H groups in total. The van der Waals surface area contributed by atoms with Gasteiger partial charge in [-0.25, -0.2) is 4.79 Å². The number of ether oxygens (including phenoxy) is 2. The molecule has 1 fully saturated rings. The van der Waals surface area contributed by atoms with Gasteiger partial charge in [-0.1, -0.05) is 17.7 Å². The van der Waals surface area contributed by atoms with Crippen LogP contribution in [0.25, 0.3) is 0 Å². The molecule has 0 aliphatic carbocycles. The van der Waals surface area contributed by atoms with Gasteiger partial charge in [0.2, 0.25) is 0 Å². The van der Waals surface area contributed by atoms with Crippen molar-refractivity contribution >= 4 is 23.3 Å². The van der Waals surface area contributed by atoms with E-state index < -0.39 is 11.9 Å². The van der Waals surface area contributed by atoms with Gasteiger partial charge in [0.15, 0.2) is 5.79 Å². The van der Waals surface area contributed by atoms with Crippen molar-refractivity contribution in [1.82, 2.24) is 4.90 Å². The maximum Gasteiger partial charge on any atom is 0.321 e. The van der Waals surface area contributed by atoms with Gasteiger partial charge in [-0.2, -0.15) is 0 Å². The number of carbonyl (C=O) groups is 1. The number of nitrogens with zero attached hydrogens (tertiary/aromatic N) is 1. The van der Waals surface area contributed by atoms with Crippen LogP contribution in [0.2, 0.25) is 5.02 Å². The van der Waals surface area contributed by atoms with Crippen LogP contribution >= 0.6 is 11.6 Å². The minimum atomic E-state index is -1.06. The molecular formula is C16H23ClN2O4. The van der Waals surface area contributed by atoms with Gasteiger partial charge < -0.3 is 24.8 Å². The molecule has 0 bridgehead atoms. The molecule has 128 valence electrons. The lowest BCUT2D eigenvalue weighted by Gasteiger charge is -2.43. The van der Waals surface area contributed by atoms with Gasteiger partial charge >= 0.3 is 6.03 Å². The first kappa shape index (κ1) is 18.0. The van der Waals surface area contributed by atoms with Crippen molar-refractivity contribution in [2.45, 2.75) is 32.2 Å². The van der Waals surface area contributed by atoms with Crippen LogP contribution in [0.1, 0.15) is 17.5 Å². The summed E-state index contributed by atoms with van der Waals surface area (Å²) in [5, 5.41) is 13.6. The van der Waals surface area contributed by atoms with E-state index in [-0.39, 0.29) is 12.6 Å². The van der Waals surface area contributed by atoms with Gasteiger partial charge in [0.05, 0.1) is 17.3 Å². The van der Waals surface area contributed by atoms with Crippen LogP contribution in [0.3, 0.4) is 0 Å². The summed E-state index contributed by atoms with van der Waals surface area (Å²) in [5.74, 6) is -1.06. The zero-order chi connectivity index (χ0) is 17.2. The van der Waals surface area contributed by atoms with Gasteiger partial charge in [-0.15, -0.1) is 0 Å². The van der Waals surface area contributed by atoms with Crippen molar-refractivity contribution in [2.75, 3.05) is 32.6 Å². The second-order valence-corrected chi connectivity index (χ2v) is 6.21. The van der Waals surface area contributed by atoms with Crippen LogP contribution < -0.4 is 5.32 Å². The van der Waals surface area contributed by atoms with E-state index in [9.17, 15) is 9.90 Å². The number of piperidine rings is 1. The summed E-state index contributed by atoms with van der Waals surface area (Å²) in [4.78, 5) is 14.0. The summed E-state index contributed by atoms with van der Waals surface area (Å²) < 4.78 is 10.6. The van der Waals surface area contributed by atoms with Gasteiger partial charge in [0.25, 0.3) is 0 Å². The lowest BCUT2D eigenvalue weighted by atomic mass is 10.0. The molecule has 2 rings (SSSR count). The molecule has 0 radical (unpaired) electrons. The third kappa shape index (κ3) is 3.61. The number of aliphatic hydroxyl groups excluding tert-OH is 1. The number of β-amino-alcohol motifs (C(OH)–C–C–N with tert-alkyl or cyclic N) is 1. The Bertz CT molecular complexity index is 566. The number of hydrogen-bond donors (Lipinski definition) is 2. The molecule has 0 spiro atoms. The lowest BCUT2D eigenvalue weighted by molar-refractivity contribution is -0.275. The van der Waals surface area contributed by atoms with E-state index in [1.165, 1.54) is 19.1 Å². The predicted molar refractivity (Wildman–Crippen MR) is 88.9 cm³/mol. The highest BCUT2D eigenvalue weighted by atomic mass is 35.5. The fraction of sp³-hybridized carbons (Fsp3) is 0.562. The van der Waals surface area contributed by atoms with E-state index >= 15 is 0 Å². The van der Waals surface area contributed by atoms with E-state index in [1.807, 2.05) is 19.9 Å². The number of amides is 2. The van der Waals surface area contributed by atoms with Crippen molar-refractivity contribution in [3.63, 3.8) is 0 Å². The maximum atomic E-state index is 12.5. The fourth-order valence-electron chi connectivity index (χ4n) is 2.90. The largest absolute Gasteiger partial charge is 0.386 e. The Morgan fingerprint density at radius 1 is 1.39 bits per heavy atom. The number of hydrogen-bond acceptors (Lipinski definition) is 4. The average molecular weight is 343 g/mol. The predicted octanol–water partition coefficient (Wildman–Crippen LogP) is 2.54. The number of benzene rings is 1. The minimum absolute atomic E-state index is 0.121. The Labute approximate surface area is 141 Å². The van der Waals surface area contributed by atoms with Crippen LogP contribution in [0, 0.1) is 13.8 Å². The van der Waals surface area contributed by atoms with Crippen molar-refractivity contribution in [3.05, 3.63) is 28.3 Å². The van der Waals surface area contributed by atoms with Crippen LogP contribution in [0.15, 0.2) is 12.1 Å². The number of methoxy groups -OCH3 is 2. The SMILES string of the molecule is COC1(OC)CCN(C(=O)Nc2c(C)cc(C)cc2Cl)CC1O. The first-order chi connectivity index (χ1) is 10.8. The number of halogens is 1.